The minimum atomic E-state index is -0.427. The highest BCUT2D eigenvalue weighted by atomic mass is 16.5. The first-order chi connectivity index (χ1) is 9.22. The van der Waals surface area contributed by atoms with Crippen LogP contribution in [0.5, 0.6) is 5.75 Å². The Labute approximate surface area is 113 Å². The van der Waals surface area contributed by atoms with Crippen LogP contribution in [0.1, 0.15) is 48.9 Å². The first-order valence-electron chi connectivity index (χ1n) is 6.86. The number of carbonyl (C=O) groups is 1. The smallest absolute Gasteiger partial charge is 0.340 e. The van der Waals surface area contributed by atoms with Gasteiger partial charge in [0.2, 0.25) is 0 Å². The summed E-state index contributed by atoms with van der Waals surface area (Å²) in [5.41, 5.74) is 6.73. The van der Waals surface area contributed by atoms with Crippen molar-refractivity contribution in [2.24, 2.45) is 0 Å². The van der Waals surface area contributed by atoms with Crippen molar-refractivity contribution in [2.45, 2.75) is 44.6 Å². The van der Waals surface area contributed by atoms with Gasteiger partial charge >= 0.3 is 5.97 Å². The van der Waals surface area contributed by atoms with Crippen molar-refractivity contribution < 1.29 is 14.3 Å². The van der Waals surface area contributed by atoms with Crippen LogP contribution >= 0.6 is 0 Å². The molecule has 19 heavy (non-hydrogen) atoms. The zero-order valence-electron chi connectivity index (χ0n) is 11.4. The van der Waals surface area contributed by atoms with E-state index in [4.69, 9.17) is 15.2 Å². The molecule has 104 valence electrons. The van der Waals surface area contributed by atoms with Crippen LogP contribution in [-0.4, -0.2) is 19.2 Å². The Hall–Kier alpha value is -1.71. The summed E-state index contributed by atoms with van der Waals surface area (Å²) in [5.74, 6) is 0.165. The van der Waals surface area contributed by atoms with E-state index in [2.05, 4.69) is 0 Å². The third-order valence-electron chi connectivity index (χ3n) is 3.57. The zero-order chi connectivity index (χ0) is 13.7. The Balaban J connectivity index is 2.13. The fourth-order valence-corrected chi connectivity index (χ4v) is 2.47. The third kappa shape index (κ3) is 3.40. The summed E-state index contributed by atoms with van der Waals surface area (Å²) in [6.07, 6.45) is 7.26. The summed E-state index contributed by atoms with van der Waals surface area (Å²) in [4.78, 5) is 11.6. The number of hydrogen-bond donors (Lipinski definition) is 1. The van der Waals surface area contributed by atoms with Crippen molar-refractivity contribution >= 4 is 11.7 Å². The Kier molecular flexibility index (Phi) is 4.66. The number of benzene rings is 1. The molecule has 0 radical (unpaired) electrons. The standard InChI is InChI=1S/C15H21NO3/c1-18-15(17)12-9-6-10-13(14(12)16)19-11-7-4-2-3-5-8-11/h6,9-11H,2-5,7-8,16H2,1H3. The van der Waals surface area contributed by atoms with Gasteiger partial charge in [-0.25, -0.2) is 4.79 Å². The van der Waals surface area contributed by atoms with Crippen molar-refractivity contribution in [3.05, 3.63) is 23.8 Å². The van der Waals surface area contributed by atoms with E-state index in [0.29, 0.717) is 17.0 Å². The molecule has 0 aliphatic heterocycles. The molecule has 1 aliphatic rings. The molecule has 0 saturated heterocycles. The lowest BCUT2D eigenvalue weighted by molar-refractivity contribution is 0.0601. The molecule has 1 saturated carbocycles. The molecular weight excluding hydrogens is 242 g/mol. The fraction of sp³-hybridized carbons (Fsp3) is 0.533. The Morgan fingerprint density at radius 3 is 2.53 bits per heavy atom. The lowest BCUT2D eigenvalue weighted by Crippen LogP contribution is -2.17. The molecule has 4 nitrogen and oxygen atoms in total. The topological polar surface area (TPSA) is 61.5 Å². The number of nitrogen functional groups attached to an aromatic ring is 1. The predicted octanol–water partition coefficient (Wildman–Crippen LogP) is 3.16. The second kappa shape index (κ2) is 6.45. The van der Waals surface area contributed by atoms with Crippen LogP contribution in [0.3, 0.4) is 0 Å². The van der Waals surface area contributed by atoms with Gasteiger partial charge < -0.3 is 15.2 Å². The van der Waals surface area contributed by atoms with Gasteiger partial charge in [-0.2, -0.15) is 0 Å². The normalized spacial score (nSPS) is 16.7. The van der Waals surface area contributed by atoms with Gasteiger partial charge in [0.15, 0.2) is 0 Å². The van der Waals surface area contributed by atoms with E-state index in [1.807, 2.05) is 6.07 Å². The highest BCUT2D eigenvalue weighted by Gasteiger charge is 2.18. The molecule has 2 N–H and O–H groups in total. The average Bonchev–Trinajstić information content (AvgIpc) is 2.69. The molecule has 1 aliphatic carbocycles. The molecule has 0 spiro atoms. The maximum atomic E-state index is 11.6. The van der Waals surface area contributed by atoms with Crippen LogP contribution in [0.25, 0.3) is 0 Å². The number of esters is 1. The molecule has 0 bridgehead atoms. The lowest BCUT2D eigenvalue weighted by Gasteiger charge is -2.19. The number of para-hydroxylation sites is 1. The number of anilines is 1. The maximum absolute atomic E-state index is 11.6. The summed E-state index contributed by atoms with van der Waals surface area (Å²) in [5, 5.41) is 0. The molecule has 4 heteroatoms. The Bertz CT molecular complexity index is 437. The summed E-state index contributed by atoms with van der Waals surface area (Å²) in [6, 6.07) is 5.24. The van der Waals surface area contributed by atoms with Crippen LogP contribution < -0.4 is 10.5 Å². The number of hydrogen-bond acceptors (Lipinski definition) is 4. The number of ether oxygens (including phenoxy) is 2. The lowest BCUT2D eigenvalue weighted by atomic mass is 10.1. The highest BCUT2D eigenvalue weighted by molar-refractivity contribution is 5.96. The molecule has 0 heterocycles. The molecule has 1 aromatic carbocycles. The van der Waals surface area contributed by atoms with Crippen LogP contribution in [0.15, 0.2) is 18.2 Å². The van der Waals surface area contributed by atoms with Gasteiger partial charge in [-0.3, -0.25) is 0 Å². The molecule has 0 amide bonds. The minimum absolute atomic E-state index is 0.206. The van der Waals surface area contributed by atoms with Crippen LogP contribution in [-0.2, 0) is 4.74 Å². The number of nitrogens with two attached hydrogens (primary N) is 1. The van der Waals surface area contributed by atoms with E-state index in [1.54, 1.807) is 12.1 Å². The monoisotopic (exact) mass is 263 g/mol. The minimum Gasteiger partial charge on any atom is -0.488 e. The molecule has 0 atom stereocenters. The first kappa shape index (κ1) is 13.7. The molecule has 1 aromatic rings. The van der Waals surface area contributed by atoms with Gasteiger partial charge in [-0.15, -0.1) is 0 Å². The zero-order valence-corrected chi connectivity index (χ0v) is 11.4. The first-order valence-corrected chi connectivity index (χ1v) is 6.86. The van der Waals surface area contributed by atoms with Crippen molar-refractivity contribution in [2.75, 3.05) is 12.8 Å². The van der Waals surface area contributed by atoms with Crippen molar-refractivity contribution in [3.8, 4) is 5.75 Å². The summed E-state index contributed by atoms with van der Waals surface area (Å²) < 4.78 is 10.7. The van der Waals surface area contributed by atoms with Crippen molar-refractivity contribution in [1.29, 1.82) is 0 Å². The fourth-order valence-electron chi connectivity index (χ4n) is 2.47. The second-order valence-electron chi connectivity index (χ2n) is 4.94. The van der Waals surface area contributed by atoms with E-state index >= 15 is 0 Å². The average molecular weight is 263 g/mol. The summed E-state index contributed by atoms with van der Waals surface area (Å²) in [7, 11) is 1.35. The summed E-state index contributed by atoms with van der Waals surface area (Å²) >= 11 is 0. The van der Waals surface area contributed by atoms with E-state index in [9.17, 15) is 4.79 Å². The van der Waals surface area contributed by atoms with Crippen molar-refractivity contribution in [1.82, 2.24) is 0 Å². The van der Waals surface area contributed by atoms with E-state index in [1.165, 1.54) is 32.8 Å². The molecule has 2 rings (SSSR count). The Morgan fingerprint density at radius 2 is 1.89 bits per heavy atom. The predicted molar refractivity (Wildman–Crippen MR) is 74.3 cm³/mol. The molecule has 0 unspecified atom stereocenters. The van der Waals surface area contributed by atoms with Crippen LogP contribution in [0.4, 0.5) is 5.69 Å². The number of rotatable bonds is 3. The van der Waals surface area contributed by atoms with E-state index in [-0.39, 0.29) is 6.10 Å². The quantitative estimate of drug-likeness (QED) is 0.517. The third-order valence-corrected chi connectivity index (χ3v) is 3.57. The van der Waals surface area contributed by atoms with E-state index < -0.39 is 5.97 Å². The molecule has 1 fully saturated rings. The molecular formula is C15H21NO3. The highest BCUT2D eigenvalue weighted by Crippen LogP contribution is 2.29. The van der Waals surface area contributed by atoms with Gasteiger partial charge in [0.05, 0.1) is 24.5 Å². The van der Waals surface area contributed by atoms with Crippen molar-refractivity contribution in [3.63, 3.8) is 0 Å². The largest absolute Gasteiger partial charge is 0.488 e. The van der Waals surface area contributed by atoms with Gasteiger partial charge in [-0.1, -0.05) is 18.9 Å². The SMILES string of the molecule is COC(=O)c1cccc(OC2CCCCCC2)c1N. The second-order valence-corrected chi connectivity index (χ2v) is 4.94. The van der Waals surface area contributed by atoms with Gasteiger partial charge in [0.1, 0.15) is 5.75 Å². The van der Waals surface area contributed by atoms with Gasteiger partial charge in [0.25, 0.3) is 0 Å². The maximum Gasteiger partial charge on any atom is 0.340 e. The number of carbonyl (C=O) groups excluding carboxylic acids is 1. The van der Waals surface area contributed by atoms with Gasteiger partial charge in [-0.05, 0) is 37.8 Å². The summed E-state index contributed by atoms with van der Waals surface area (Å²) in [6.45, 7) is 0. The van der Waals surface area contributed by atoms with Gasteiger partial charge in [0, 0.05) is 0 Å². The van der Waals surface area contributed by atoms with Crippen LogP contribution in [0.2, 0.25) is 0 Å². The molecule has 0 aromatic heterocycles. The Morgan fingerprint density at radius 1 is 1.21 bits per heavy atom. The van der Waals surface area contributed by atoms with Crippen LogP contribution in [0, 0.1) is 0 Å². The van der Waals surface area contributed by atoms with E-state index in [0.717, 1.165) is 12.8 Å². The number of methoxy groups -OCH3 is 1.